The lowest BCUT2D eigenvalue weighted by molar-refractivity contribution is 0.0363. The molecule has 5 rings (SSSR count). The number of aromatic nitrogens is 3. The van der Waals surface area contributed by atoms with Crippen molar-refractivity contribution in [2.75, 3.05) is 11.9 Å². The Hall–Kier alpha value is -2.76. The average Bonchev–Trinajstić information content (AvgIpc) is 3.06. The largest absolute Gasteiger partial charge is 0.438 e. The summed E-state index contributed by atoms with van der Waals surface area (Å²) in [6.45, 7) is 5.98. The lowest BCUT2D eigenvalue weighted by Gasteiger charge is -2.37. The molecule has 0 fully saturated rings. The van der Waals surface area contributed by atoms with E-state index in [1.165, 1.54) is 16.5 Å². The predicted molar refractivity (Wildman–Crippen MR) is 101 cm³/mol. The van der Waals surface area contributed by atoms with Crippen LogP contribution in [0.1, 0.15) is 42.7 Å². The fraction of sp³-hybridized carbons (Fsp3) is 0.400. The van der Waals surface area contributed by atoms with Crippen molar-refractivity contribution >= 4 is 22.7 Å². The van der Waals surface area contributed by atoms with Gasteiger partial charge in [-0.05, 0) is 57.7 Å². The highest BCUT2D eigenvalue weighted by molar-refractivity contribution is 5.99. The Morgan fingerprint density at radius 1 is 1.23 bits per heavy atom. The van der Waals surface area contributed by atoms with Gasteiger partial charge in [0.1, 0.15) is 11.3 Å². The highest BCUT2D eigenvalue weighted by atomic mass is 16.6. The minimum Gasteiger partial charge on any atom is -0.438 e. The first-order valence-corrected chi connectivity index (χ1v) is 9.07. The van der Waals surface area contributed by atoms with Crippen LogP contribution in [0.5, 0.6) is 0 Å². The maximum absolute atomic E-state index is 12.2. The van der Waals surface area contributed by atoms with Crippen molar-refractivity contribution < 1.29 is 9.53 Å². The number of anilines is 1. The number of hydrogen-bond acceptors (Lipinski definition) is 3. The number of amides is 1. The average molecular weight is 350 g/mol. The van der Waals surface area contributed by atoms with E-state index in [-0.39, 0.29) is 6.09 Å². The van der Waals surface area contributed by atoms with Gasteiger partial charge in [0.2, 0.25) is 0 Å². The second-order valence-corrected chi connectivity index (χ2v) is 7.86. The van der Waals surface area contributed by atoms with Gasteiger partial charge in [-0.3, -0.25) is 10.00 Å². The van der Waals surface area contributed by atoms with E-state index >= 15 is 0 Å². The molecular formula is C20H22N4O2. The Labute approximate surface area is 151 Å². The van der Waals surface area contributed by atoms with Crippen LogP contribution < -0.4 is 4.90 Å². The van der Waals surface area contributed by atoms with Gasteiger partial charge in [0.05, 0.1) is 11.4 Å². The highest BCUT2D eigenvalue weighted by Gasteiger charge is 2.37. The number of benzene rings is 1. The molecule has 3 heterocycles. The third-order valence-corrected chi connectivity index (χ3v) is 5.81. The van der Waals surface area contributed by atoms with Crippen LogP contribution >= 0.6 is 0 Å². The molecule has 2 aromatic heterocycles. The summed E-state index contributed by atoms with van der Waals surface area (Å²) in [4.78, 5) is 17.4. The number of aryl methyl sites for hydroxylation is 2. The molecule has 2 aliphatic rings. The molecule has 0 saturated heterocycles. The predicted octanol–water partition coefficient (Wildman–Crippen LogP) is 4.18. The normalized spacial score (nSPS) is 18.2. The number of nitrogens with zero attached hydrogens (tertiary/aromatic N) is 2. The third-order valence-electron chi connectivity index (χ3n) is 5.81. The van der Waals surface area contributed by atoms with Crippen LogP contribution in [0.4, 0.5) is 10.5 Å². The molecule has 0 atom stereocenters. The molecule has 2 N–H and O–H groups in total. The minimum absolute atomic E-state index is 0.319. The Bertz CT molecular complexity index is 1070. The maximum Gasteiger partial charge on any atom is 0.414 e. The van der Waals surface area contributed by atoms with Crippen LogP contribution in [0, 0.1) is 6.92 Å². The molecule has 134 valence electrons. The van der Waals surface area contributed by atoms with E-state index in [9.17, 15) is 4.79 Å². The van der Waals surface area contributed by atoms with E-state index < -0.39 is 5.60 Å². The second-order valence-electron chi connectivity index (χ2n) is 7.86. The summed E-state index contributed by atoms with van der Waals surface area (Å²) in [5, 5.41) is 8.89. The van der Waals surface area contributed by atoms with E-state index in [0.29, 0.717) is 0 Å². The zero-order valence-corrected chi connectivity index (χ0v) is 15.5. The van der Waals surface area contributed by atoms with E-state index in [1.807, 2.05) is 13.8 Å². The molecule has 1 aliphatic heterocycles. The minimum atomic E-state index is -0.643. The molecule has 0 bridgehead atoms. The van der Waals surface area contributed by atoms with Crippen molar-refractivity contribution in [2.45, 2.75) is 45.6 Å². The summed E-state index contributed by atoms with van der Waals surface area (Å²) in [5.74, 6) is 0. The monoisotopic (exact) mass is 350 g/mol. The van der Waals surface area contributed by atoms with Crippen LogP contribution in [-0.2, 0) is 23.2 Å². The first-order chi connectivity index (χ1) is 12.4. The Kier molecular flexibility index (Phi) is 2.92. The van der Waals surface area contributed by atoms with E-state index in [2.05, 4.69) is 34.2 Å². The fourth-order valence-electron chi connectivity index (χ4n) is 4.35. The molecule has 0 unspecified atom stereocenters. The number of nitrogens with one attached hydrogen (secondary N) is 2. The smallest absolute Gasteiger partial charge is 0.414 e. The molecule has 0 radical (unpaired) electrons. The van der Waals surface area contributed by atoms with Gasteiger partial charge in [0, 0.05) is 34.8 Å². The lowest BCUT2D eigenvalue weighted by atomic mass is 9.91. The standard InChI is InChI=1S/C20H22N4O2/c1-10-11-6-5-7-12-13-8-14-16(24(4)19(25)26-20(14,2)3)9-15(13)21-17(12)18(11)23-22-10/h8-9,21H,5-7H2,1-4H3,(H,22,23). The first kappa shape index (κ1) is 15.5. The van der Waals surface area contributed by atoms with Gasteiger partial charge in [0.15, 0.2) is 0 Å². The molecule has 1 aliphatic carbocycles. The Morgan fingerprint density at radius 3 is 2.81 bits per heavy atom. The highest BCUT2D eigenvalue weighted by Crippen LogP contribution is 2.43. The van der Waals surface area contributed by atoms with Crippen molar-refractivity contribution in [1.82, 2.24) is 15.2 Å². The zero-order chi connectivity index (χ0) is 18.2. The number of H-pyrrole nitrogens is 2. The Balaban J connectivity index is 1.81. The zero-order valence-electron chi connectivity index (χ0n) is 15.5. The number of carbonyl (C=O) groups is 1. The van der Waals surface area contributed by atoms with E-state index in [4.69, 9.17) is 4.74 Å². The van der Waals surface area contributed by atoms with Crippen LogP contribution in [0.3, 0.4) is 0 Å². The molecule has 6 heteroatoms. The lowest BCUT2D eigenvalue weighted by Crippen LogP contribution is -2.41. The molecule has 0 spiro atoms. The molecule has 0 saturated carbocycles. The summed E-state index contributed by atoms with van der Waals surface area (Å²) >= 11 is 0. The quantitative estimate of drug-likeness (QED) is 0.639. The van der Waals surface area contributed by atoms with Gasteiger partial charge in [-0.1, -0.05) is 0 Å². The number of aromatic amines is 2. The SMILES string of the molecule is Cc1[nH]nc2c1CCCc1c-2[nH]c2cc3c(cc12)C(C)(C)OC(=O)N3C. The van der Waals surface area contributed by atoms with E-state index in [0.717, 1.165) is 53.1 Å². The summed E-state index contributed by atoms with van der Waals surface area (Å²) in [5.41, 5.74) is 8.22. The first-order valence-electron chi connectivity index (χ1n) is 9.07. The van der Waals surface area contributed by atoms with Crippen LogP contribution in [0.2, 0.25) is 0 Å². The molecule has 3 aromatic rings. The summed E-state index contributed by atoms with van der Waals surface area (Å²) in [7, 11) is 1.76. The number of rotatable bonds is 0. The maximum atomic E-state index is 12.2. The summed E-state index contributed by atoms with van der Waals surface area (Å²) in [6.07, 6.45) is 2.83. The van der Waals surface area contributed by atoms with Crippen LogP contribution in [0.15, 0.2) is 12.1 Å². The fourth-order valence-corrected chi connectivity index (χ4v) is 4.35. The van der Waals surface area contributed by atoms with Crippen molar-refractivity contribution in [3.63, 3.8) is 0 Å². The van der Waals surface area contributed by atoms with Crippen molar-refractivity contribution in [2.24, 2.45) is 0 Å². The summed E-state index contributed by atoms with van der Waals surface area (Å²) in [6, 6.07) is 4.26. The Morgan fingerprint density at radius 2 is 2.00 bits per heavy atom. The van der Waals surface area contributed by atoms with Crippen molar-refractivity contribution in [1.29, 1.82) is 0 Å². The van der Waals surface area contributed by atoms with Gasteiger partial charge >= 0.3 is 6.09 Å². The molecule has 26 heavy (non-hydrogen) atoms. The van der Waals surface area contributed by atoms with Crippen molar-refractivity contribution in [3.05, 3.63) is 34.5 Å². The number of carbonyl (C=O) groups excluding carboxylic acids is 1. The third kappa shape index (κ3) is 1.92. The van der Waals surface area contributed by atoms with Crippen LogP contribution in [-0.4, -0.2) is 28.3 Å². The van der Waals surface area contributed by atoms with E-state index in [1.54, 1.807) is 11.9 Å². The van der Waals surface area contributed by atoms with Gasteiger partial charge in [-0.15, -0.1) is 0 Å². The topological polar surface area (TPSA) is 74.0 Å². The van der Waals surface area contributed by atoms with Crippen molar-refractivity contribution in [3.8, 4) is 11.4 Å². The number of ether oxygens (including phenoxy) is 1. The van der Waals surface area contributed by atoms with Gasteiger partial charge in [-0.25, -0.2) is 4.79 Å². The summed E-state index contributed by atoms with van der Waals surface area (Å²) < 4.78 is 5.63. The molecule has 1 aromatic carbocycles. The number of cyclic esters (lactones) is 1. The van der Waals surface area contributed by atoms with Gasteiger partial charge in [0.25, 0.3) is 0 Å². The molecule has 6 nitrogen and oxygen atoms in total. The number of fused-ring (bicyclic) bond motifs is 6. The molecular weight excluding hydrogens is 328 g/mol. The van der Waals surface area contributed by atoms with Crippen LogP contribution in [0.25, 0.3) is 22.3 Å². The number of hydrogen-bond donors (Lipinski definition) is 2. The van der Waals surface area contributed by atoms with Gasteiger partial charge < -0.3 is 9.72 Å². The second kappa shape index (κ2) is 4.90. The van der Waals surface area contributed by atoms with Gasteiger partial charge in [-0.2, -0.15) is 5.10 Å². The molecule has 1 amide bonds.